The first-order valence-corrected chi connectivity index (χ1v) is 13.8. The maximum atomic E-state index is 11.6. The van der Waals surface area contributed by atoms with E-state index >= 15 is 0 Å². The number of rotatable bonds is 11. The minimum atomic E-state index is -1.30. The van der Waals surface area contributed by atoms with Crippen molar-refractivity contribution < 1.29 is 14.0 Å². The SMILES string of the molecule is CCOC(=O)CCCCN1CCC[C@H]1CO[Si](c1ccccc1)c1ccc(C(C)(C)C)cc1. The second kappa shape index (κ2) is 12.5. The first kappa shape index (κ1) is 25.7. The molecule has 1 radical (unpaired) electrons. The molecule has 4 nitrogen and oxygen atoms in total. The number of ether oxygens (including phenoxy) is 1. The number of carbonyl (C=O) groups excluding carboxylic acids is 1. The Balaban J connectivity index is 1.60. The second-order valence-corrected chi connectivity index (χ2v) is 12.0. The molecule has 33 heavy (non-hydrogen) atoms. The van der Waals surface area contributed by atoms with E-state index in [1.54, 1.807) is 0 Å². The van der Waals surface area contributed by atoms with Gasteiger partial charge in [0.25, 0.3) is 9.04 Å². The van der Waals surface area contributed by atoms with E-state index in [-0.39, 0.29) is 11.4 Å². The third-order valence-electron chi connectivity index (χ3n) is 6.35. The van der Waals surface area contributed by atoms with Gasteiger partial charge in [-0.15, -0.1) is 0 Å². The Morgan fingerprint density at radius 2 is 1.73 bits per heavy atom. The highest BCUT2D eigenvalue weighted by molar-refractivity contribution is 6.80. The largest absolute Gasteiger partial charge is 0.466 e. The Labute approximate surface area is 202 Å². The van der Waals surface area contributed by atoms with E-state index in [1.807, 2.05) is 6.92 Å². The van der Waals surface area contributed by atoms with E-state index in [0.717, 1.165) is 32.5 Å². The molecule has 1 saturated heterocycles. The lowest BCUT2D eigenvalue weighted by atomic mass is 9.87. The Morgan fingerprint density at radius 3 is 2.39 bits per heavy atom. The van der Waals surface area contributed by atoms with Crippen LogP contribution in [0.15, 0.2) is 54.6 Å². The molecule has 0 saturated carbocycles. The van der Waals surface area contributed by atoms with Crippen molar-refractivity contribution in [1.82, 2.24) is 4.90 Å². The van der Waals surface area contributed by atoms with Gasteiger partial charge in [0.1, 0.15) is 0 Å². The van der Waals surface area contributed by atoms with Crippen LogP contribution in [-0.4, -0.2) is 52.3 Å². The van der Waals surface area contributed by atoms with Gasteiger partial charge in [-0.25, -0.2) is 0 Å². The summed E-state index contributed by atoms with van der Waals surface area (Å²) in [6.45, 7) is 12.0. The van der Waals surface area contributed by atoms with Gasteiger partial charge >= 0.3 is 5.97 Å². The summed E-state index contributed by atoms with van der Waals surface area (Å²) in [6.07, 6.45) is 4.85. The third-order valence-corrected chi connectivity index (χ3v) is 8.52. The molecular weight excluding hydrogens is 426 g/mol. The standard InChI is InChI=1S/C28H40NO3Si/c1-5-31-27(30)15-9-10-20-29-21-11-12-24(29)22-32-33(25-13-7-6-8-14-25)26-18-16-23(17-19-26)28(2,3)4/h6-8,13-14,16-19,24H,5,9-12,15,20-22H2,1-4H3/t24-/m0/s1. The summed E-state index contributed by atoms with van der Waals surface area (Å²) in [4.78, 5) is 14.1. The van der Waals surface area contributed by atoms with Crippen molar-refractivity contribution in [2.45, 2.75) is 71.3 Å². The zero-order chi connectivity index (χ0) is 23.7. The number of carbonyl (C=O) groups is 1. The first-order chi connectivity index (χ1) is 15.9. The average molecular weight is 467 g/mol. The van der Waals surface area contributed by atoms with Crippen molar-refractivity contribution >= 4 is 25.4 Å². The molecule has 0 N–H and O–H groups in total. The summed E-state index contributed by atoms with van der Waals surface area (Å²) >= 11 is 0. The normalized spacial score (nSPS) is 16.9. The molecule has 179 valence electrons. The molecule has 1 atom stereocenters. The van der Waals surface area contributed by atoms with Crippen LogP contribution in [0.2, 0.25) is 0 Å². The van der Waals surface area contributed by atoms with Crippen molar-refractivity contribution in [2.75, 3.05) is 26.3 Å². The lowest BCUT2D eigenvalue weighted by molar-refractivity contribution is -0.143. The van der Waals surface area contributed by atoms with Crippen molar-refractivity contribution in [3.8, 4) is 0 Å². The molecule has 0 spiro atoms. The molecule has 0 unspecified atom stereocenters. The highest BCUT2D eigenvalue weighted by atomic mass is 28.3. The van der Waals surface area contributed by atoms with Crippen LogP contribution in [0, 0.1) is 0 Å². The lowest BCUT2D eigenvalue weighted by Gasteiger charge is -2.27. The van der Waals surface area contributed by atoms with Gasteiger partial charge in [0, 0.05) is 12.5 Å². The van der Waals surface area contributed by atoms with Gasteiger partial charge in [-0.05, 0) is 67.0 Å². The molecule has 3 rings (SSSR count). The monoisotopic (exact) mass is 466 g/mol. The van der Waals surface area contributed by atoms with Crippen molar-refractivity contribution in [3.63, 3.8) is 0 Å². The average Bonchev–Trinajstić information content (AvgIpc) is 3.25. The summed E-state index contributed by atoms with van der Waals surface area (Å²) in [5.74, 6) is -0.0774. The predicted molar refractivity (Wildman–Crippen MR) is 138 cm³/mol. The summed E-state index contributed by atoms with van der Waals surface area (Å²) in [5, 5.41) is 2.60. The Hall–Kier alpha value is -1.95. The number of esters is 1. The fourth-order valence-corrected chi connectivity index (χ4v) is 6.41. The van der Waals surface area contributed by atoms with Crippen molar-refractivity contribution in [1.29, 1.82) is 0 Å². The molecule has 1 aliphatic rings. The first-order valence-electron chi connectivity index (χ1n) is 12.4. The van der Waals surface area contributed by atoms with Crippen LogP contribution in [0.25, 0.3) is 0 Å². The van der Waals surface area contributed by atoms with Crippen LogP contribution in [0.1, 0.15) is 65.4 Å². The van der Waals surface area contributed by atoms with Crippen LogP contribution in [0.5, 0.6) is 0 Å². The topological polar surface area (TPSA) is 38.8 Å². The zero-order valence-electron chi connectivity index (χ0n) is 20.8. The predicted octanol–water partition coefficient (Wildman–Crippen LogP) is 4.30. The van der Waals surface area contributed by atoms with Crippen molar-refractivity contribution in [3.05, 3.63) is 60.2 Å². The highest BCUT2D eigenvalue weighted by Gasteiger charge is 2.27. The zero-order valence-corrected chi connectivity index (χ0v) is 21.8. The van der Waals surface area contributed by atoms with E-state index in [1.165, 1.54) is 28.8 Å². The number of hydrogen-bond acceptors (Lipinski definition) is 4. The Kier molecular flexibility index (Phi) is 9.72. The summed E-state index contributed by atoms with van der Waals surface area (Å²) < 4.78 is 11.8. The summed E-state index contributed by atoms with van der Waals surface area (Å²) in [6, 6.07) is 20.2. The van der Waals surface area contributed by atoms with E-state index in [4.69, 9.17) is 9.16 Å². The maximum absolute atomic E-state index is 11.6. The Morgan fingerprint density at radius 1 is 1.03 bits per heavy atom. The quantitative estimate of drug-likeness (QED) is 0.281. The smallest absolute Gasteiger partial charge is 0.305 e. The molecule has 0 aromatic heterocycles. The number of benzene rings is 2. The van der Waals surface area contributed by atoms with Gasteiger partial charge in [-0.2, -0.15) is 0 Å². The fraction of sp³-hybridized carbons (Fsp3) is 0.536. The molecule has 1 aliphatic heterocycles. The van der Waals surface area contributed by atoms with Crippen LogP contribution in [-0.2, 0) is 19.4 Å². The number of unbranched alkanes of at least 4 members (excludes halogenated alkanes) is 1. The molecule has 2 aromatic carbocycles. The number of nitrogens with zero attached hydrogens (tertiary/aromatic N) is 1. The van der Waals surface area contributed by atoms with Gasteiger partial charge in [0.2, 0.25) is 0 Å². The van der Waals surface area contributed by atoms with Crippen LogP contribution in [0.3, 0.4) is 0 Å². The molecule has 1 fully saturated rings. The molecular formula is C28H40NO3Si. The molecule has 0 amide bonds. The third kappa shape index (κ3) is 7.80. The molecule has 2 aromatic rings. The minimum absolute atomic E-state index is 0.0774. The van der Waals surface area contributed by atoms with Crippen molar-refractivity contribution in [2.24, 2.45) is 0 Å². The van der Waals surface area contributed by atoms with E-state index in [9.17, 15) is 4.79 Å². The lowest BCUT2D eigenvalue weighted by Crippen LogP contribution is -2.47. The Bertz CT molecular complexity index is 848. The summed E-state index contributed by atoms with van der Waals surface area (Å²) in [7, 11) is -1.30. The van der Waals surface area contributed by atoms with Crippen LogP contribution >= 0.6 is 0 Å². The van der Waals surface area contributed by atoms with Gasteiger partial charge in [-0.1, -0.05) is 75.4 Å². The second-order valence-electron chi connectivity index (χ2n) is 9.93. The maximum Gasteiger partial charge on any atom is 0.305 e. The minimum Gasteiger partial charge on any atom is -0.466 e. The van der Waals surface area contributed by atoms with E-state index in [2.05, 4.69) is 80.3 Å². The van der Waals surface area contributed by atoms with Gasteiger partial charge in [0.15, 0.2) is 0 Å². The van der Waals surface area contributed by atoms with Crippen LogP contribution < -0.4 is 10.4 Å². The fourth-order valence-electron chi connectivity index (χ4n) is 4.42. The number of likely N-dealkylation sites (tertiary alicyclic amines) is 1. The summed E-state index contributed by atoms with van der Waals surface area (Å²) in [5.41, 5.74) is 1.50. The van der Waals surface area contributed by atoms with Crippen LogP contribution in [0.4, 0.5) is 0 Å². The molecule has 1 heterocycles. The van der Waals surface area contributed by atoms with Gasteiger partial charge in [0.05, 0.1) is 13.2 Å². The molecule has 0 aliphatic carbocycles. The van der Waals surface area contributed by atoms with Gasteiger partial charge < -0.3 is 9.16 Å². The highest BCUT2D eigenvalue weighted by Crippen LogP contribution is 2.21. The number of hydrogen-bond donors (Lipinski definition) is 0. The molecule has 5 heteroatoms. The van der Waals surface area contributed by atoms with Gasteiger partial charge in [-0.3, -0.25) is 9.69 Å². The van der Waals surface area contributed by atoms with E-state index < -0.39 is 9.04 Å². The van der Waals surface area contributed by atoms with E-state index in [0.29, 0.717) is 19.1 Å². The molecule has 0 bridgehead atoms.